The van der Waals surface area contributed by atoms with Gasteiger partial charge in [-0.15, -0.1) is 0 Å². The quantitative estimate of drug-likeness (QED) is 0.860. The molecule has 0 aliphatic carbocycles. The molecule has 116 valence electrons. The van der Waals surface area contributed by atoms with Gasteiger partial charge in [-0.25, -0.2) is 0 Å². The van der Waals surface area contributed by atoms with E-state index in [9.17, 15) is 4.79 Å². The maximum absolute atomic E-state index is 12.5. The first kappa shape index (κ1) is 16.5. The van der Waals surface area contributed by atoms with Gasteiger partial charge in [0.1, 0.15) is 0 Å². The molecule has 1 aromatic carbocycles. The van der Waals surface area contributed by atoms with Crippen LogP contribution in [-0.2, 0) is 4.79 Å². The molecule has 0 radical (unpaired) electrons. The van der Waals surface area contributed by atoms with Gasteiger partial charge in [0.15, 0.2) is 6.04 Å². The number of amides is 1. The second kappa shape index (κ2) is 7.95. The van der Waals surface area contributed by atoms with Gasteiger partial charge in [-0.1, -0.05) is 12.5 Å². The van der Waals surface area contributed by atoms with Crippen molar-refractivity contribution in [3.63, 3.8) is 0 Å². The molecule has 2 N–H and O–H groups in total. The first-order chi connectivity index (χ1) is 10.1. The second-order valence-corrected chi connectivity index (χ2v) is 6.97. The predicted molar refractivity (Wildman–Crippen MR) is 90.8 cm³/mol. The number of carbonyl (C=O) groups excluding carboxylic acids is 1. The fourth-order valence-corrected chi connectivity index (χ4v) is 3.53. The van der Waals surface area contributed by atoms with E-state index < -0.39 is 0 Å². The molecule has 1 atom stereocenters. The van der Waals surface area contributed by atoms with Gasteiger partial charge in [0.05, 0.1) is 18.8 Å². The molecule has 0 bridgehead atoms. The SMILES string of the molecule is Cc1ccc(NC(=O)[C@H](C)[NH+]2CCCCCCC2)c(Br)c1. The van der Waals surface area contributed by atoms with Crippen LogP contribution in [0.15, 0.2) is 22.7 Å². The summed E-state index contributed by atoms with van der Waals surface area (Å²) in [4.78, 5) is 13.9. The monoisotopic (exact) mass is 353 g/mol. The lowest BCUT2D eigenvalue weighted by molar-refractivity contribution is -0.914. The van der Waals surface area contributed by atoms with Crippen LogP contribution < -0.4 is 10.2 Å². The second-order valence-electron chi connectivity index (χ2n) is 6.12. The van der Waals surface area contributed by atoms with E-state index in [1.807, 2.05) is 32.0 Å². The van der Waals surface area contributed by atoms with Crippen molar-refractivity contribution in [2.75, 3.05) is 18.4 Å². The van der Waals surface area contributed by atoms with Crippen molar-refractivity contribution < 1.29 is 9.69 Å². The molecule has 0 unspecified atom stereocenters. The molecular formula is C17H26BrN2O+. The van der Waals surface area contributed by atoms with Crippen molar-refractivity contribution in [3.05, 3.63) is 28.2 Å². The van der Waals surface area contributed by atoms with Crippen LogP contribution >= 0.6 is 15.9 Å². The molecule has 1 aromatic rings. The number of quaternary nitrogens is 1. The Morgan fingerprint density at radius 2 is 1.81 bits per heavy atom. The first-order valence-electron chi connectivity index (χ1n) is 7.99. The zero-order valence-electron chi connectivity index (χ0n) is 13.0. The van der Waals surface area contributed by atoms with E-state index in [4.69, 9.17) is 0 Å². The molecule has 1 fully saturated rings. The van der Waals surface area contributed by atoms with Crippen molar-refractivity contribution in [3.8, 4) is 0 Å². The molecule has 1 heterocycles. The Morgan fingerprint density at radius 1 is 1.19 bits per heavy atom. The van der Waals surface area contributed by atoms with Crippen LogP contribution in [0.4, 0.5) is 5.69 Å². The molecule has 1 aliphatic rings. The number of hydrogen-bond acceptors (Lipinski definition) is 1. The van der Waals surface area contributed by atoms with Gasteiger partial charge >= 0.3 is 0 Å². The summed E-state index contributed by atoms with van der Waals surface area (Å²) in [6.07, 6.45) is 6.44. The Morgan fingerprint density at radius 3 is 2.43 bits per heavy atom. The number of likely N-dealkylation sites (tertiary alicyclic amines) is 1. The van der Waals surface area contributed by atoms with E-state index in [0.717, 1.165) is 23.2 Å². The number of carbonyl (C=O) groups is 1. The molecular weight excluding hydrogens is 328 g/mol. The zero-order valence-corrected chi connectivity index (χ0v) is 14.6. The summed E-state index contributed by atoms with van der Waals surface area (Å²) < 4.78 is 0.950. The number of anilines is 1. The topological polar surface area (TPSA) is 33.5 Å². The first-order valence-corrected chi connectivity index (χ1v) is 8.79. The summed E-state index contributed by atoms with van der Waals surface area (Å²) in [5.74, 6) is 0.120. The van der Waals surface area contributed by atoms with E-state index in [0.29, 0.717) is 0 Å². The van der Waals surface area contributed by atoms with Gasteiger partial charge in [-0.3, -0.25) is 4.79 Å². The highest BCUT2D eigenvalue weighted by atomic mass is 79.9. The smallest absolute Gasteiger partial charge is 0.282 e. The van der Waals surface area contributed by atoms with Gasteiger partial charge in [0.2, 0.25) is 0 Å². The molecule has 0 saturated carbocycles. The highest BCUT2D eigenvalue weighted by Gasteiger charge is 2.25. The lowest BCUT2D eigenvalue weighted by atomic mass is 10.1. The summed E-state index contributed by atoms with van der Waals surface area (Å²) in [6.45, 7) is 6.32. The summed E-state index contributed by atoms with van der Waals surface area (Å²) >= 11 is 3.52. The van der Waals surface area contributed by atoms with Crippen molar-refractivity contribution >= 4 is 27.5 Å². The van der Waals surface area contributed by atoms with Crippen LogP contribution in [0.5, 0.6) is 0 Å². The lowest BCUT2D eigenvalue weighted by Gasteiger charge is -2.27. The minimum atomic E-state index is 0.0105. The Bertz CT molecular complexity index is 482. The normalized spacial score (nSPS) is 18.6. The molecule has 21 heavy (non-hydrogen) atoms. The number of hydrogen-bond donors (Lipinski definition) is 2. The standard InChI is InChI=1S/C17H25BrN2O/c1-13-8-9-16(15(18)12-13)19-17(21)14(2)20-10-6-4-3-5-7-11-20/h8-9,12,14H,3-7,10-11H2,1-2H3,(H,19,21)/p+1/t14-/m0/s1. The largest absolute Gasteiger partial charge is 0.325 e. The summed E-state index contributed by atoms with van der Waals surface area (Å²) in [7, 11) is 0. The van der Waals surface area contributed by atoms with Gasteiger partial charge in [0, 0.05) is 4.47 Å². The summed E-state index contributed by atoms with van der Waals surface area (Å²) in [6, 6.07) is 6.03. The lowest BCUT2D eigenvalue weighted by Crippen LogP contribution is -3.16. The molecule has 0 spiro atoms. The minimum absolute atomic E-state index is 0.0105. The van der Waals surface area contributed by atoms with E-state index in [1.54, 1.807) is 0 Å². The van der Waals surface area contributed by atoms with Crippen molar-refractivity contribution in [1.82, 2.24) is 0 Å². The number of nitrogens with one attached hydrogen (secondary N) is 2. The molecule has 3 nitrogen and oxygen atoms in total. The van der Waals surface area contributed by atoms with E-state index in [2.05, 4.69) is 21.2 Å². The third-order valence-electron chi connectivity index (χ3n) is 4.38. The summed E-state index contributed by atoms with van der Waals surface area (Å²) in [5.41, 5.74) is 2.05. The Labute approximate surface area is 136 Å². The number of benzene rings is 1. The predicted octanol–water partition coefficient (Wildman–Crippen LogP) is 2.93. The average Bonchev–Trinajstić information content (AvgIpc) is 2.41. The number of rotatable bonds is 3. The van der Waals surface area contributed by atoms with Crippen molar-refractivity contribution in [2.24, 2.45) is 0 Å². The van der Waals surface area contributed by atoms with Gasteiger partial charge in [-0.05, 0) is 73.2 Å². The van der Waals surface area contributed by atoms with Crippen LogP contribution in [0.3, 0.4) is 0 Å². The van der Waals surface area contributed by atoms with Crippen LogP contribution in [0.2, 0.25) is 0 Å². The third-order valence-corrected chi connectivity index (χ3v) is 5.04. The van der Waals surface area contributed by atoms with Crippen LogP contribution in [0, 0.1) is 6.92 Å². The Kier molecular flexibility index (Phi) is 6.24. The maximum atomic E-state index is 12.5. The van der Waals surface area contributed by atoms with Gasteiger partial charge in [-0.2, -0.15) is 0 Å². The Hall–Kier alpha value is -0.870. The number of halogens is 1. The van der Waals surface area contributed by atoms with Crippen LogP contribution in [0.25, 0.3) is 0 Å². The fourth-order valence-electron chi connectivity index (χ4n) is 2.94. The van der Waals surface area contributed by atoms with E-state index in [-0.39, 0.29) is 11.9 Å². The van der Waals surface area contributed by atoms with Crippen molar-refractivity contribution in [1.29, 1.82) is 0 Å². The number of aryl methyl sites for hydroxylation is 1. The minimum Gasteiger partial charge on any atom is -0.325 e. The van der Waals surface area contributed by atoms with Crippen LogP contribution in [0.1, 0.15) is 44.6 Å². The molecule has 1 aliphatic heterocycles. The maximum Gasteiger partial charge on any atom is 0.282 e. The zero-order chi connectivity index (χ0) is 15.2. The molecule has 1 amide bonds. The van der Waals surface area contributed by atoms with Gasteiger partial charge in [0.25, 0.3) is 5.91 Å². The summed E-state index contributed by atoms with van der Waals surface area (Å²) in [5, 5.41) is 3.06. The highest BCUT2D eigenvalue weighted by Crippen LogP contribution is 2.23. The Balaban J connectivity index is 1.97. The third kappa shape index (κ3) is 4.82. The average molecular weight is 354 g/mol. The fraction of sp³-hybridized carbons (Fsp3) is 0.588. The molecule has 1 saturated heterocycles. The molecule has 4 heteroatoms. The van der Waals surface area contributed by atoms with E-state index >= 15 is 0 Å². The molecule has 0 aromatic heterocycles. The van der Waals surface area contributed by atoms with Crippen LogP contribution in [-0.4, -0.2) is 25.0 Å². The molecule has 2 rings (SSSR count). The van der Waals surface area contributed by atoms with E-state index in [1.165, 1.54) is 42.6 Å². The van der Waals surface area contributed by atoms with Gasteiger partial charge < -0.3 is 10.2 Å². The van der Waals surface area contributed by atoms with Crippen molar-refractivity contribution in [2.45, 2.75) is 52.0 Å². The highest BCUT2D eigenvalue weighted by molar-refractivity contribution is 9.10.